The normalized spacial score (nSPS) is 22.6. The molecule has 1 aromatic carbocycles. The second-order valence-electron chi connectivity index (χ2n) is 6.22. The summed E-state index contributed by atoms with van der Waals surface area (Å²) >= 11 is 0. The van der Waals surface area contributed by atoms with Crippen LogP contribution < -0.4 is 4.74 Å². The van der Waals surface area contributed by atoms with Crippen molar-refractivity contribution in [2.24, 2.45) is 0 Å². The van der Waals surface area contributed by atoms with E-state index in [-0.39, 0.29) is 0 Å². The summed E-state index contributed by atoms with van der Waals surface area (Å²) in [6.45, 7) is 4.76. The fourth-order valence-electron chi connectivity index (χ4n) is 2.99. The molecular weight excluding hydrogens is 278 g/mol. The fourth-order valence-corrected chi connectivity index (χ4v) is 2.99. The molecule has 0 spiro atoms. The number of aryl methyl sites for hydroxylation is 1. The van der Waals surface area contributed by atoms with Crippen LogP contribution >= 0.6 is 0 Å². The molecule has 0 bridgehead atoms. The minimum Gasteiger partial charge on any atom is -0.491 e. The van der Waals surface area contributed by atoms with Crippen LogP contribution in [0.15, 0.2) is 36.8 Å². The maximum atomic E-state index is 10.8. The van der Waals surface area contributed by atoms with E-state index in [1.807, 2.05) is 37.4 Å². The van der Waals surface area contributed by atoms with Gasteiger partial charge in [0.1, 0.15) is 18.0 Å². The van der Waals surface area contributed by atoms with E-state index in [2.05, 4.69) is 14.9 Å². The van der Waals surface area contributed by atoms with Crippen LogP contribution in [0.3, 0.4) is 0 Å². The number of nitrogens with zero attached hydrogens (tertiary/aromatic N) is 2. The van der Waals surface area contributed by atoms with Crippen LogP contribution in [0.4, 0.5) is 0 Å². The number of aliphatic hydroxyl groups is 1. The molecule has 2 N–H and O–H groups in total. The van der Waals surface area contributed by atoms with E-state index in [4.69, 9.17) is 4.74 Å². The summed E-state index contributed by atoms with van der Waals surface area (Å²) in [6.07, 6.45) is 5.27. The number of piperidine rings is 1. The first-order valence-corrected chi connectivity index (χ1v) is 7.74. The minimum atomic E-state index is -0.790. The number of benzene rings is 1. The number of nitrogens with one attached hydrogen (secondary N) is 1. The molecule has 1 saturated heterocycles. The Morgan fingerprint density at radius 3 is 3.14 bits per heavy atom. The van der Waals surface area contributed by atoms with Crippen LogP contribution in [-0.4, -0.2) is 45.3 Å². The van der Waals surface area contributed by atoms with Crippen molar-refractivity contribution in [1.29, 1.82) is 0 Å². The van der Waals surface area contributed by atoms with E-state index in [0.29, 0.717) is 13.2 Å². The van der Waals surface area contributed by atoms with Crippen molar-refractivity contribution in [2.75, 3.05) is 19.7 Å². The number of likely N-dealkylation sites (tertiary alicyclic amines) is 1. The monoisotopic (exact) mass is 301 g/mol. The van der Waals surface area contributed by atoms with Gasteiger partial charge < -0.3 is 14.8 Å². The molecule has 3 rings (SSSR count). The summed E-state index contributed by atoms with van der Waals surface area (Å²) in [5.41, 5.74) is 1.44. The molecule has 1 fully saturated rings. The Balaban J connectivity index is 1.57. The molecule has 0 saturated carbocycles. The first-order chi connectivity index (χ1) is 10.6. The molecule has 22 heavy (non-hydrogen) atoms. The highest BCUT2D eigenvalue weighted by atomic mass is 16.5. The molecule has 1 unspecified atom stereocenters. The van der Waals surface area contributed by atoms with Gasteiger partial charge in [0, 0.05) is 25.0 Å². The Labute approximate surface area is 130 Å². The maximum absolute atomic E-state index is 10.8. The average molecular weight is 301 g/mol. The van der Waals surface area contributed by atoms with Crippen molar-refractivity contribution >= 4 is 0 Å². The van der Waals surface area contributed by atoms with Crippen molar-refractivity contribution in [3.8, 4) is 5.75 Å². The number of β-amino-alcohol motifs (C(OH)–C–C–N with tert-alkyl or cyclic N) is 1. The summed E-state index contributed by atoms with van der Waals surface area (Å²) in [4.78, 5) is 9.40. The van der Waals surface area contributed by atoms with E-state index in [9.17, 15) is 5.11 Å². The fraction of sp³-hybridized carbons (Fsp3) is 0.471. The predicted molar refractivity (Wildman–Crippen MR) is 84.7 cm³/mol. The molecule has 118 valence electrons. The van der Waals surface area contributed by atoms with Crippen molar-refractivity contribution in [1.82, 2.24) is 14.9 Å². The Bertz CT molecular complexity index is 600. The first-order valence-electron chi connectivity index (χ1n) is 7.74. The lowest BCUT2D eigenvalue weighted by Crippen LogP contribution is -2.51. The third-order valence-electron chi connectivity index (χ3n) is 4.08. The molecule has 5 nitrogen and oxygen atoms in total. The standard InChI is InChI=1S/C17H23N3O2/c1-14-4-2-5-16(8-14)22-12-17(21)6-3-7-20(11-17)10-15-9-18-13-19-15/h2,4-5,8-9,13,21H,3,6-7,10-12H2,1H3,(H,18,19). The summed E-state index contributed by atoms with van der Waals surface area (Å²) in [6, 6.07) is 7.94. The van der Waals surface area contributed by atoms with Crippen molar-refractivity contribution < 1.29 is 9.84 Å². The summed E-state index contributed by atoms with van der Waals surface area (Å²) in [5, 5.41) is 10.8. The van der Waals surface area contributed by atoms with Crippen molar-refractivity contribution in [3.05, 3.63) is 48.0 Å². The lowest BCUT2D eigenvalue weighted by molar-refractivity contribution is -0.0623. The predicted octanol–water partition coefficient (Wildman–Crippen LogP) is 2.12. The Hall–Kier alpha value is -1.85. The minimum absolute atomic E-state index is 0.329. The molecule has 0 radical (unpaired) electrons. The van der Waals surface area contributed by atoms with Crippen LogP contribution in [0.2, 0.25) is 0 Å². The molecule has 2 heterocycles. The van der Waals surface area contributed by atoms with Crippen LogP contribution in [0.1, 0.15) is 24.1 Å². The average Bonchev–Trinajstić information content (AvgIpc) is 2.98. The van der Waals surface area contributed by atoms with E-state index >= 15 is 0 Å². The largest absolute Gasteiger partial charge is 0.491 e. The van der Waals surface area contributed by atoms with Crippen molar-refractivity contribution in [3.63, 3.8) is 0 Å². The van der Waals surface area contributed by atoms with Gasteiger partial charge in [-0.05, 0) is 44.0 Å². The van der Waals surface area contributed by atoms with E-state index in [1.165, 1.54) is 0 Å². The number of hydrogen-bond acceptors (Lipinski definition) is 4. The molecular formula is C17H23N3O2. The zero-order valence-corrected chi connectivity index (χ0v) is 13.0. The summed E-state index contributed by atoms with van der Waals surface area (Å²) in [7, 11) is 0. The summed E-state index contributed by atoms with van der Waals surface area (Å²) < 4.78 is 5.82. The Morgan fingerprint density at radius 2 is 2.36 bits per heavy atom. The molecule has 1 aliphatic rings. The quantitative estimate of drug-likeness (QED) is 0.888. The van der Waals surface area contributed by atoms with Gasteiger partial charge in [0.05, 0.1) is 6.33 Å². The smallest absolute Gasteiger partial charge is 0.119 e. The highest BCUT2D eigenvalue weighted by Crippen LogP contribution is 2.24. The van der Waals surface area contributed by atoms with Gasteiger partial charge in [-0.1, -0.05) is 12.1 Å². The van der Waals surface area contributed by atoms with Crippen LogP contribution in [-0.2, 0) is 6.54 Å². The zero-order valence-electron chi connectivity index (χ0n) is 13.0. The van der Waals surface area contributed by atoms with Gasteiger partial charge in [-0.2, -0.15) is 0 Å². The van der Waals surface area contributed by atoms with Crippen LogP contribution in [0, 0.1) is 6.92 Å². The lowest BCUT2D eigenvalue weighted by atomic mass is 9.93. The molecule has 1 aromatic heterocycles. The molecule has 0 aliphatic carbocycles. The second-order valence-corrected chi connectivity index (χ2v) is 6.22. The van der Waals surface area contributed by atoms with Gasteiger partial charge in [0.25, 0.3) is 0 Å². The molecule has 1 atom stereocenters. The summed E-state index contributed by atoms with van der Waals surface area (Å²) in [5.74, 6) is 0.819. The van der Waals surface area contributed by atoms with Crippen molar-refractivity contribution in [2.45, 2.75) is 31.9 Å². The van der Waals surface area contributed by atoms with Crippen LogP contribution in [0.25, 0.3) is 0 Å². The maximum Gasteiger partial charge on any atom is 0.119 e. The number of aromatic amines is 1. The lowest BCUT2D eigenvalue weighted by Gasteiger charge is -2.38. The van der Waals surface area contributed by atoms with Gasteiger partial charge in [-0.3, -0.25) is 4.90 Å². The third-order valence-corrected chi connectivity index (χ3v) is 4.08. The number of aromatic nitrogens is 2. The van der Waals surface area contributed by atoms with E-state index in [1.54, 1.807) is 6.33 Å². The Kier molecular flexibility index (Phi) is 4.45. The topological polar surface area (TPSA) is 61.4 Å². The molecule has 1 aliphatic heterocycles. The number of rotatable bonds is 5. The van der Waals surface area contributed by atoms with Gasteiger partial charge >= 0.3 is 0 Å². The van der Waals surface area contributed by atoms with Gasteiger partial charge in [-0.25, -0.2) is 4.98 Å². The molecule has 5 heteroatoms. The van der Waals surface area contributed by atoms with E-state index < -0.39 is 5.60 Å². The van der Waals surface area contributed by atoms with Gasteiger partial charge in [0.2, 0.25) is 0 Å². The number of H-pyrrole nitrogens is 1. The second kappa shape index (κ2) is 6.50. The van der Waals surface area contributed by atoms with Gasteiger partial charge in [-0.15, -0.1) is 0 Å². The third kappa shape index (κ3) is 3.87. The van der Waals surface area contributed by atoms with E-state index in [0.717, 1.165) is 42.9 Å². The SMILES string of the molecule is Cc1cccc(OCC2(O)CCCN(Cc3cnc[nH]3)C2)c1. The zero-order chi connectivity index (χ0) is 15.4. The first kappa shape index (κ1) is 15.1. The van der Waals surface area contributed by atoms with Gasteiger partial charge in [0.15, 0.2) is 0 Å². The molecule has 2 aromatic rings. The number of hydrogen-bond donors (Lipinski definition) is 2. The Morgan fingerprint density at radius 1 is 1.45 bits per heavy atom. The molecule has 0 amide bonds. The number of imidazole rings is 1. The van der Waals surface area contributed by atoms with Crippen LogP contribution in [0.5, 0.6) is 5.75 Å². The highest BCUT2D eigenvalue weighted by molar-refractivity contribution is 5.27. The number of ether oxygens (including phenoxy) is 1. The highest BCUT2D eigenvalue weighted by Gasteiger charge is 2.34.